The van der Waals surface area contributed by atoms with Gasteiger partial charge in [0.25, 0.3) is 5.91 Å². The number of hydrogen-bond donors (Lipinski definition) is 0. The smallest absolute Gasteiger partial charge is 0.255 e. The number of hydrogen-bond acceptors (Lipinski definition) is 1. The predicted molar refractivity (Wildman–Crippen MR) is 73.6 cm³/mol. The van der Waals surface area contributed by atoms with Gasteiger partial charge in [0.1, 0.15) is 0 Å². The van der Waals surface area contributed by atoms with E-state index in [0.29, 0.717) is 6.04 Å². The Balaban J connectivity index is 2.30. The number of aryl methyl sites for hydroxylation is 1. The Kier molecular flexibility index (Phi) is 3.52. The summed E-state index contributed by atoms with van der Waals surface area (Å²) in [7, 11) is 0. The van der Waals surface area contributed by atoms with Crippen LogP contribution in [0, 0.1) is 10.5 Å². The van der Waals surface area contributed by atoms with Gasteiger partial charge in [0.15, 0.2) is 0 Å². The lowest BCUT2D eigenvalue weighted by Gasteiger charge is -2.22. The largest absolute Gasteiger partial charge is 0.336 e. The van der Waals surface area contributed by atoms with E-state index >= 15 is 0 Å². The number of benzene rings is 1. The zero-order valence-electron chi connectivity index (χ0n) is 9.66. The molecule has 1 amide bonds. The van der Waals surface area contributed by atoms with E-state index < -0.39 is 0 Å². The summed E-state index contributed by atoms with van der Waals surface area (Å²) < 4.78 is 1.09. The molecule has 1 heterocycles. The number of nitrogens with zero attached hydrogens (tertiary/aromatic N) is 1. The molecule has 0 bridgehead atoms. The first-order valence-corrected chi connectivity index (χ1v) is 6.75. The Morgan fingerprint density at radius 2 is 2.25 bits per heavy atom. The number of halogens is 1. The van der Waals surface area contributed by atoms with Crippen LogP contribution in [0.25, 0.3) is 0 Å². The maximum Gasteiger partial charge on any atom is 0.255 e. The Morgan fingerprint density at radius 3 is 2.88 bits per heavy atom. The fraction of sp³-hybridized carbons (Fsp3) is 0.462. The highest BCUT2D eigenvalue weighted by atomic mass is 127. The van der Waals surface area contributed by atoms with Crippen molar-refractivity contribution in [3.05, 3.63) is 32.9 Å². The summed E-state index contributed by atoms with van der Waals surface area (Å²) in [6.07, 6.45) is 2.27. The molecule has 1 saturated heterocycles. The van der Waals surface area contributed by atoms with Gasteiger partial charge in [-0.05, 0) is 60.9 Å². The number of likely N-dealkylation sites (tertiary alicyclic amines) is 1. The van der Waals surface area contributed by atoms with Gasteiger partial charge in [-0.1, -0.05) is 12.1 Å². The van der Waals surface area contributed by atoms with Crippen molar-refractivity contribution in [2.24, 2.45) is 0 Å². The first kappa shape index (κ1) is 11.9. The van der Waals surface area contributed by atoms with Gasteiger partial charge in [-0.3, -0.25) is 4.79 Å². The molecule has 1 aliphatic rings. The third-order valence-electron chi connectivity index (χ3n) is 3.24. The van der Waals surface area contributed by atoms with Crippen molar-refractivity contribution in [1.82, 2.24) is 4.90 Å². The van der Waals surface area contributed by atoms with Crippen LogP contribution in [0.3, 0.4) is 0 Å². The van der Waals surface area contributed by atoms with Crippen molar-refractivity contribution in [3.8, 4) is 0 Å². The van der Waals surface area contributed by atoms with Gasteiger partial charge in [-0.15, -0.1) is 0 Å². The second-order valence-corrected chi connectivity index (χ2v) is 5.50. The van der Waals surface area contributed by atoms with Crippen LogP contribution in [-0.2, 0) is 0 Å². The molecule has 1 atom stereocenters. The van der Waals surface area contributed by atoms with E-state index in [-0.39, 0.29) is 5.91 Å². The number of carbonyl (C=O) groups is 1. The van der Waals surface area contributed by atoms with Crippen molar-refractivity contribution >= 4 is 28.5 Å². The summed E-state index contributed by atoms with van der Waals surface area (Å²) in [5.41, 5.74) is 2.03. The normalized spacial score (nSPS) is 20.2. The topological polar surface area (TPSA) is 20.3 Å². The third kappa shape index (κ3) is 2.10. The number of carbonyl (C=O) groups excluding carboxylic acids is 1. The maximum absolute atomic E-state index is 12.4. The SMILES string of the molecule is Cc1cccc(C(=O)N2CCCC2C)c1I. The van der Waals surface area contributed by atoms with Crippen LogP contribution in [0.4, 0.5) is 0 Å². The quantitative estimate of drug-likeness (QED) is 0.725. The first-order chi connectivity index (χ1) is 7.61. The first-order valence-electron chi connectivity index (χ1n) is 5.67. The monoisotopic (exact) mass is 329 g/mol. The minimum absolute atomic E-state index is 0.193. The van der Waals surface area contributed by atoms with Gasteiger partial charge < -0.3 is 4.90 Å². The Hall–Kier alpha value is -0.580. The van der Waals surface area contributed by atoms with E-state index in [1.807, 2.05) is 30.0 Å². The average Bonchev–Trinajstić information content (AvgIpc) is 2.68. The van der Waals surface area contributed by atoms with E-state index in [0.717, 1.165) is 28.5 Å². The summed E-state index contributed by atoms with van der Waals surface area (Å²) in [5, 5.41) is 0. The van der Waals surface area contributed by atoms with E-state index in [1.165, 1.54) is 5.56 Å². The van der Waals surface area contributed by atoms with Crippen LogP contribution in [0.1, 0.15) is 35.7 Å². The standard InChI is InChI=1S/C13H16INO/c1-9-5-3-7-11(12(9)14)13(16)15-8-4-6-10(15)2/h3,5,7,10H,4,6,8H2,1-2H3. The molecular formula is C13H16INO. The molecule has 86 valence electrons. The molecule has 0 spiro atoms. The molecule has 0 saturated carbocycles. The molecule has 1 aliphatic heterocycles. The zero-order chi connectivity index (χ0) is 11.7. The lowest BCUT2D eigenvalue weighted by atomic mass is 10.1. The Labute approximate surface area is 110 Å². The van der Waals surface area contributed by atoms with Crippen LogP contribution in [0.2, 0.25) is 0 Å². The maximum atomic E-state index is 12.4. The van der Waals surface area contributed by atoms with Gasteiger partial charge in [-0.25, -0.2) is 0 Å². The zero-order valence-corrected chi connectivity index (χ0v) is 11.8. The summed E-state index contributed by atoms with van der Waals surface area (Å²) in [5.74, 6) is 0.193. The molecule has 1 fully saturated rings. The van der Waals surface area contributed by atoms with Gasteiger partial charge in [0.2, 0.25) is 0 Å². The second kappa shape index (κ2) is 4.73. The fourth-order valence-corrected chi connectivity index (χ4v) is 2.79. The molecule has 0 aromatic heterocycles. The van der Waals surface area contributed by atoms with Gasteiger partial charge in [0.05, 0.1) is 5.56 Å². The molecule has 0 N–H and O–H groups in total. The Morgan fingerprint density at radius 1 is 1.50 bits per heavy atom. The van der Waals surface area contributed by atoms with Crippen molar-refractivity contribution < 1.29 is 4.79 Å². The minimum Gasteiger partial charge on any atom is -0.336 e. The van der Waals surface area contributed by atoms with Crippen molar-refractivity contribution in [3.63, 3.8) is 0 Å². The summed E-state index contributed by atoms with van der Waals surface area (Å²) in [4.78, 5) is 14.3. The van der Waals surface area contributed by atoms with Crippen LogP contribution in [0.5, 0.6) is 0 Å². The molecule has 0 aliphatic carbocycles. The van der Waals surface area contributed by atoms with Gasteiger partial charge in [-0.2, -0.15) is 0 Å². The van der Waals surface area contributed by atoms with E-state index in [4.69, 9.17) is 0 Å². The highest BCUT2D eigenvalue weighted by Crippen LogP contribution is 2.23. The number of amides is 1. The summed E-state index contributed by atoms with van der Waals surface area (Å²) in [6, 6.07) is 6.34. The average molecular weight is 329 g/mol. The van der Waals surface area contributed by atoms with Crippen molar-refractivity contribution in [1.29, 1.82) is 0 Å². The molecule has 2 rings (SSSR count). The highest BCUT2D eigenvalue weighted by Gasteiger charge is 2.27. The van der Waals surface area contributed by atoms with Crippen molar-refractivity contribution in [2.75, 3.05) is 6.54 Å². The molecule has 16 heavy (non-hydrogen) atoms. The van der Waals surface area contributed by atoms with Gasteiger partial charge in [0, 0.05) is 16.2 Å². The Bertz CT molecular complexity index is 416. The van der Waals surface area contributed by atoms with E-state index in [9.17, 15) is 4.79 Å². The van der Waals surface area contributed by atoms with Crippen molar-refractivity contribution in [2.45, 2.75) is 32.7 Å². The third-order valence-corrected chi connectivity index (χ3v) is 4.67. The van der Waals surface area contributed by atoms with Gasteiger partial charge >= 0.3 is 0 Å². The summed E-state index contributed by atoms with van der Waals surface area (Å²) in [6.45, 7) is 5.09. The molecule has 1 unspecified atom stereocenters. The molecule has 0 radical (unpaired) electrons. The molecule has 1 aromatic rings. The van der Waals surface area contributed by atoms with Crippen LogP contribution < -0.4 is 0 Å². The van der Waals surface area contributed by atoms with E-state index in [2.05, 4.69) is 29.5 Å². The van der Waals surface area contributed by atoms with E-state index in [1.54, 1.807) is 0 Å². The summed E-state index contributed by atoms with van der Waals surface area (Å²) >= 11 is 2.27. The lowest BCUT2D eigenvalue weighted by Crippen LogP contribution is -2.34. The van der Waals surface area contributed by atoms with Crippen LogP contribution in [0.15, 0.2) is 18.2 Å². The molecule has 3 heteroatoms. The lowest BCUT2D eigenvalue weighted by molar-refractivity contribution is 0.0746. The predicted octanol–water partition coefficient (Wildman–Crippen LogP) is 3.22. The van der Waals surface area contributed by atoms with Crippen LogP contribution in [-0.4, -0.2) is 23.4 Å². The fourth-order valence-electron chi connectivity index (χ4n) is 2.20. The molecule has 2 nitrogen and oxygen atoms in total. The number of rotatable bonds is 1. The second-order valence-electron chi connectivity index (χ2n) is 4.43. The highest BCUT2D eigenvalue weighted by molar-refractivity contribution is 14.1. The van der Waals surface area contributed by atoms with Crippen LogP contribution >= 0.6 is 22.6 Å². The molecular weight excluding hydrogens is 313 g/mol. The minimum atomic E-state index is 0.193. The molecule has 1 aromatic carbocycles.